The first-order valence-corrected chi connectivity index (χ1v) is 10.2. The Morgan fingerprint density at radius 3 is 2.89 bits per heavy atom. The van der Waals surface area contributed by atoms with Gasteiger partial charge in [-0.1, -0.05) is 18.2 Å². The summed E-state index contributed by atoms with van der Waals surface area (Å²) in [6.45, 7) is 7.15. The fourth-order valence-electron chi connectivity index (χ4n) is 3.32. The predicted molar refractivity (Wildman–Crippen MR) is 115 cm³/mol. The van der Waals surface area contributed by atoms with Crippen molar-refractivity contribution in [1.82, 2.24) is 15.5 Å². The predicted octanol–water partition coefficient (Wildman–Crippen LogP) is 1.49. The van der Waals surface area contributed by atoms with Crippen molar-refractivity contribution in [2.45, 2.75) is 26.2 Å². The van der Waals surface area contributed by atoms with Gasteiger partial charge in [-0.15, -0.1) is 0 Å². The van der Waals surface area contributed by atoms with Crippen molar-refractivity contribution in [3.05, 3.63) is 29.8 Å². The van der Waals surface area contributed by atoms with E-state index >= 15 is 0 Å². The lowest BCUT2D eigenvalue weighted by Gasteiger charge is -2.29. The smallest absolute Gasteiger partial charge is 0.248 e. The second-order valence-corrected chi connectivity index (χ2v) is 7.05. The molecule has 0 aliphatic carbocycles. The molecule has 1 heterocycles. The first kappa shape index (κ1) is 22.2. The lowest BCUT2D eigenvalue weighted by molar-refractivity contribution is -0.117. The molecule has 1 aliphatic heterocycles. The summed E-state index contributed by atoms with van der Waals surface area (Å²) in [5, 5.41) is 6.53. The van der Waals surface area contributed by atoms with Gasteiger partial charge in [0, 0.05) is 52.1 Å². The largest absolute Gasteiger partial charge is 0.385 e. The topological polar surface area (TPSA) is 69.2 Å². The van der Waals surface area contributed by atoms with Crippen LogP contribution in [0.15, 0.2) is 29.3 Å². The molecule has 7 heteroatoms. The van der Waals surface area contributed by atoms with Crippen LogP contribution in [-0.4, -0.2) is 76.8 Å². The van der Waals surface area contributed by atoms with E-state index in [0.29, 0.717) is 5.96 Å². The van der Waals surface area contributed by atoms with Crippen molar-refractivity contribution in [2.24, 2.45) is 4.99 Å². The highest BCUT2D eigenvalue weighted by molar-refractivity contribution is 5.97. The number of amides is 1. The van der Waals surface area contributed by atoms with Crippen LogP contribution in [0.3, 0.4) is 0 Å². The Balaban J connectivity index is 1.84. The molecule has 0 fully saturated rings. The van der Waals surface area contributed by atoms with Crippen molar-refractivity contribution in [2.75, 3.05) is 64.9 Å². The fraction of sp³-hybridized carbons (Fsp3) is 0.619. The number of likely N-dealkylation sites (N-methyl/N-ethyl adjacent to an activating group) is 1. The number of hydrogen-bond donors (Lipinski definition) is 2. The monoisotopic (exact) mass is 389 g/mol. The number of benzene rings is 1. The van der Waals surface area contributed by atoms with Crippen LogP contribution in [0.5, 0.6) is 0 Å². The summed E-state index contributed by atoms with van der Waals surface area (Å²) >= 11 is 0. The minimum Gasteiger partial charge on any atom is -0.385 e. The Labute approximate surface area is 169 Å². The minimum atomic E-state index is 0.0426. The van der Waals surface area contributed by atoms with E-state index in [4.69, 9.17) is 4.74 Å². The molecule has 0 saturated heterocycles. The zero-order chi connectivity index (χ0) is 20.2. The molecule has 1 aromatic carbocycles. The third-order valence-electron chi connectivity index (χ3n) is 4.80. The van der Waals surface area contributed by atoms with E-state index in [1.807, 2.05) is 30.0 Å². The summed E-state index contributed by atoms with van der Waals surface area (Å²) in [5.41, 5.74) is 2.28. The van der Waals surface area contributed by atoms with Crippen molar-refractivity contribution in [3.63, 3.8) is 0 Å². The molecular formula is C21H35N5O2. The van der Waals surface area contributed by atoms with E-state index in [2.05, 4.69) is 33.6 Å². The number of para-hydroxylation sites is 1. The van der Waals surface area contributed by atoms with Gasteiger partial charge in [0.15, 0.2) is 5.96 Å². The third kappa shape index (κ3) is 7.13. The molecule has 2 N–H and O–H groups in total. The van der Waals surface area contributed by atoms with Crippen molar-refractivity contribution >= 4 is 17.6 Å². The van der Waals surface area contributed by atoms with Gasteiger partial charge in [-0.3, -0.25) is 4.79 Å². The number of guanidine groups is 1. The zero-order valence-corrected chi connectivity index (χ0v) is 17.5. The van der Waals surface area contributed by atoms with Crippen molar-refractivity contribution in [1.29, 1.82) is 0 Å². The molecule has 0 aromatic heterocycles. The van der Waals surface area contributed by atoms with E-state index in [0.717, 1.165) is 64.3 Å². The molecule has 0 saturated carbocycles. The van der Waals surface area contributed by atoms with Crippen molar-refractivity contribution in [3.8, 4) is 0 Å². The molecule has 1 amide bonds. The Bertz CT molecular complexity index is 635. The standard InChI is InChI=1S/C21H35N5O2/c1-4-22-21(23-12-15-25(2)13-8-16-28-3)24-17-20(27)26-14-7-10-18-9-5-6-11-19(18)26/h5-6,9,11H,4,7-8,10,12-17H2,1-3H3,(H2,22,23,24). The molecule has 156 valence electrons. The van der Waals surface area contributed by atoms with Gasteiger partial charge in [-0.2, -0.15) is 0 Å². The number of nitrogens with one attached hydrogen (secondary N) is 2. The lowest BCUT2D eigenvalue weighted by Crippen LogP contribution is -2.42. The number of anilines is 1. The SMILES string of the molecule is CCNC(=NCC(=O)N1CCCc2ccccc21)NCCN(C)CCCOC. The summed E-state index contributed by atoms with van der Waals surface area (Å²) in [6.07, 6.45) is 3.05. The average molecular weight is 390 g/mol. The van der Waals surface area contributed by atoms with Crippen LogP contribution >= 0.6 is 0 Å². The van der Waals surface area contributed by atoms with Gasteiger partial charge in [0.1, 0.15) is 6.54 Å². The van der Waals surface area contributed by atoms with E-state index in [1.165, 1.54) is 5.56 Å². The summed E-state index contributed by atoms with van der Waals surface area (Å²) < 4.78 is 5.09. The van der Waals surface area contributed by atoms with Gasteiger partial charge in [-0.25, -0.2) is 4.99 Å². The van der Waals surface area contributed by atoms with Gasteiger partial charge in [0.2, 0.25) is 5.91 Å². The number of methoxy groups -OCH3 is 1. The maximum atomic E-state index is 12.7. The number of carbonyl (C=O) groups excluding carboxylic acids is 1. The highest BCUT2D eigenvalue weighted by Crippen LogP contribution is 2.26. The summed E-state index contributed by atoms with van der Waals surface area (Å²) in [6, 6.07) is 8.15. The quantitative estimate of drug-likeness (QED) is 0.360. The number of carbonyl (C=O) groups is 1. The number of fused-ring (bicyclic) bond motifs is 1. The highest BCUT2D eigenvalue weighted by atomic mass is 16.5. The van der Waals surface area contributed by atoms with E-state index < -0.39 is 0 Å². The summed E-state index contributed by atoms with van der Waals surface area (Å²) in [4.78, 5) is 21.4. The molecule has 1 aliphatic rings. The van der Waals surface area contributed by atoms with Crippen LogP contribution in [-0.2, 0) is 16.0 Å². The number of rotatable bonds is 10. The molecule has 1 aromatic rings. The normalized spacial score (nSPS) is 14.1. The second kappa shape index (κ2) is 12.4. The number of aryl methyl sites for hydroxylation is 1. The van der Waals surface area contributed by atoms with Crippen LogP contribution in [0.2, 0.25) is 0 Å². The molecule has 7 nitrogen and oxygen atoms in total. The molecule has 28 heavy (non-hydrogen) atoms. The number of aliphatic imine (C=N–C) groups is 1. The fourth-order valence-corrected chi connectivity index (χ4v) is 3.32. The lowest BCUT2D eigenvalue weighted by atomic mass is 10.0. The first-order chi connectivity index (χ1) is 13.7. The Morgan fingerprint density at radius 1 is 1.29 bits per heavy atom. The zero-order valence-electron chi connectivity index (χ0n) is 17.5. The molecule has 0 spiro atoms. The van der Waals surface area contributed by atoms with Gasteiger partial charge < -0.3 is 25.2 Å². The van der Waals surface area contributed by atoms with E-state index in [-0.39, 0.29) is 12.5 Å². The highest BCUT2D eigenvalue weighted by Gasteiger charge is 2.21. The van der Waals surface area contributed by atoms with Crippen LogP contribution in [0.1, 0.15) is 25.3 Å². The van der Waals surface area contributed by atoms with Gasteiger partial charge in [0.25, 0.3) is 0 Å². The second-order valence-electron chi connectivity index (χ2n) is 7.05. The summed E-state index contributed by atoms with van der Waals surface area (Å²) in [5.74, 6) is 0.729. The summed E-state index contributed by atoms with van der Waals surface area (Å²) in [7, 11) is 3.82. The first-order valence-electron chi connectivity index (χ1n) is 10.2. The van der Waals surface area contributed by atoms with Crippen LogP contribution in [0, 0.1) is 0 Å². The Kier molecular flexibility index (Phi) is 9.79. The maximum absolute atomic E-state index is 12.7. The molecular weight excluding hydrogens is 354 g/mol. The van der Waals surface area contributed by atoms with Gasteiger partial charge in [0.05, 0.1) is 0 Å². The van der Waals surface area contributed by atoms with Gasteiger partial charge >= 0.3 is 0 Å². The third-order valence-corrected chi connectivity index (χ3v) is 4.80. The number of nitrogens with zero attached hydrogens (tertiary/aromatic N) is 3. The van der Waals surface area contributed by atoms with Crippen molar-refractivity contribution < 1.29 is 9.53 Å². The maximum Gasteiger partial charge on any atom is 0.248 e. The molecule has 2 rings (SSSR count). The Morgan fingerprint density at radius 2 is 2.11 bits per heavy atom. The van der Waals surface area contributed by atoms with Crippen LogP contribution < -0.4 is 15.5 Å². The minimum absolute atomic E-state index is 0.0426. The molecule has 0 radical (unpaired) electrons. The molecule has 0 bridgehead atoms. The molecule has 0 unspecified atom stereocenters. The average Bonchev–Trinajstić information content (AvgIpc) is 2.71. The Hall–Kier alpha value is -2.12. The van der Waals surface area contributed by atoms with Gasteiger partial charge in [-0.05, 0) is 44.9 Å². The number of hydrogen-bond acceptors (Lipinski definition) is 4. The van der Waals surface area contributed by atoms with Crippen LogP contribution in [0.25, 0.3) is 0 Å². The molecule has 0 atom stereocenters. The van der Waals surface area contributed by atoms with E-state index in [1.54, 1.807) is 7.11 Å². The van der Waals surface area contributed by atoms with E-state index in [9.17, 15) is 4.79 Å². The van der Waals surface area contributed by atoms with Crippen LogP contribution in [0.4, 0.5) is 5.69 Å². The number of ether oxygens (including phenoxy) is 1.